The first kappa shape index (κ1) is 31.3. The van der Waals surface area contributed by atoms with Crippen LogP contribution in [-0.2, 0) is 52.5 Å². The van der Waals surface area contributed by atoms with E-state index >= 15 is 0 Å². The zero-order chi connectivity index (χ0) is 28.2. The van der Waals surface area contributed by atoms with Gasteiger partial charge in [0.25, 0.3) is 11.6 Å². The molecule has 1 aromatic rings. The lowest BCUT2D eigenvalue weighted by Gasteiger charge is -2.10. The molecule has 0 aliphatic heterocycles. The third kappa shape index (κ3) is 14.6. The van der Waals surface area contributed by atoms with Gasteiger partial charge in [0.1, 0.15) is 24.5 Å². The van der Waals surface area contributed by atoms with Gasteiger partial charge in [-0.25, -0.2) is 19.2 Å². The van der Waals surface area contributed by atoms with Crippen LogP contribution in [0.25, 0.3) is 0 Å². The number of hydrogen-bond donors (Lipinski definition) is 0. The average Bonchev–Trinajstić information content (AvgIpc) is 2.89. The first-order valence-electron chi connectivity index (χ1n) is 11.0. The van der Waals surface area contributed by atoms with Crippen LogP contribution in [0.1, 0.15) is 36.0 Å². The highest BCUT2D eigenvalue weighted by Gasteiger charge is 2.18. The van der Waals surface area contributed by atoms with Gasteiger partial charge in [-0.1, -0.05) is 18.6 Å². The van der Waals surface area contributed by atoms with Crippen molar-refractivity contribution in [1.82, 2.24) is 0 Å². The van der Waals surface area contributed by atoms with Gasteiger partial charge in [-0.05, 0) is 25.0 Å². The molecule has 0 saturated heterocycles. The summed E-state index contributed by atoms with van der Waals surface area (Å²) in [5.74, 6) is -4.63. The van der Waals surface area contributed by atoms with Crippen LogP contribution in [-0.4, -0.2) is 81.0 Å². The number of hydrogen-bond acceptors (Lipinski definition) is 15. The summed E-state index contributed by atoms with van der Waals surface area (Å²) in [6, 6.07) is 5.64. The van der Waals surface area contributed by atoms with Gasteiger partial charge in [0.15, 0.2) is 19.8 Å². The van der Waals surface area contributed by atoms with E-state index in [-0.39, 0.29) is 44.0 Å². The Morgan fingerprint density at radius 1 is 0.763 bits per heavy atom. The number of benzene rings is 1. The van der Waals surface area contributed by atoms with Crippen LogP contribution < -0.4 is 4.74 Å². The maximum absolute atomic E-state index is 12.3. The molecule has 0 unspecified atom stereocenters. The second-order valence-corrected chi connectivity index (χ2v) is 6.92. The van der Waals surface area contributed by atoms with Gasteiger partial charge in [-0.2, -0.15) is 0 Å². The van der Waals surface area contributed by atoms with Gasteiger partial charge in [-0.15, -0.1) is 10.1 Å². The van der Waals surface area contributed by atoms with Crippen LogP contribution in [0, 0.1) is 10.1 Å². The highest BCUT2D eigenvalue weighted by Crippen LogP contribution is 2.20. The third-order valence-electron chi connectivity index (χ3n) is 4.10. The van der Waals surface area contributed by atoms with Crippen molar-refractivity contribution >= 4 is 36.3 Å². The Bertz CT molecular complexity index is 977. The minimum absolute atomic E-state index is 0.0126. The van der Waals surface area contributed by atoms with E-state index in [1.165, 1.54) is 24.3 Å². The van der Waals surface area contributed by atoms with Crippen molar-refractivity contribution in [3.05, 3.63) is 39.9 Å². The fourth-order valence-corrected chi connectivity index (χ4v) is 2.46. The Morgan fingerprint density at radius 3 is 2.08 bits per heavy atom. The quantitative estimate of drug-likeness (QED) is 0.0437. The van der Waals surface area contributed by atoms with E-state index in [0.29, 0.717) is 19.3 Å². The van der Waals surface area contributed by atoms with Crippen molar-refractivity contribution in [3.63, 3.8) is 0 Å². The first-order valence-corrected chi connectivity index (χ1v) is 11.0. The predicted molar refractivity (Wildman–Crippen MR) is 119 cm³/mol. The topological polar surface area (TPSA) is 210 Å². The molecule has 0 spiro atoms. The Balaban J connectivity index is 2.33. The van der Waals surface area contributed by atoms with E-state index in [9.17, 15) is 38.9 Å². The molecule has 0 aliphatic carbocycles. The van der Waals surface area contributed by atoms with Crippen LogP contribution in [0.4, 0.5) is 0 Å². The second kappa shape index (κ2) is 18.5. The summed E-state index contributed by atoms with van der Waals surface area (Å²) in [5.41, 5.74) is -0.138. The average molecular weight is 543 g/mol. The number of ether oxygens (including phenoxy) is 6. The molecule has 208 valence electrons. The summed E-state index contributed by atoms with van der Waals surface area (Å²) < 4.78 is 28.0. The molecule has 0 atom stereocenters. The highest BCUT2D eigenvalue weighted by molar-refractivity contribution is 5.94. The lowest BCUT2D eigenvalue weighted by atomic mass is 10.2. The largest absolute Gasteiger partial charge is 0.460 e. The van der Waals surface area contributed by atoms with Gasteiger partial charge in [-0.3, -0.25) is 9.59 Å². The van der Waals surface area contributed by atoms with E-state index in [2.05, 4.69) is 23.8 Å². The zero-order valence-electron chi connectivity index (χ0n) is 20.0. The SMILES string of the molecule is O=COCC(=O)OCCOC(=O)COC(=O)COC(=O)c1ccccc1OC(=O)CCCCCO[N+](=O)[O-]. The van der Waals surface area contributed by atoms with Gasteiger partial charge in [0, 0.05) is 6.42 Å². The van der Waals surface area contributed by atoms with Crippen molar-refractivity contribution in [2.75, 3.05) is 39.6 Å². The molecular weight excluding hydrogens is 518 g/mol. The number of esters is 5. The monoisotopic (exact) mass is 543 g/mol. The van der Waals surface area contributed by atoms with Crippen molar-refractivity contribution < 1.29 is 67.1 Å². The van der Waals surface area contributed by atoms with Crippen LogP contribution in [0.2, 0.25) is 0 Å². The molecule has 0 radical (unpaired) electrons. The van der Waals surface area contributed by atoms with Crippen molar-refractivity contribution in [2.24, 2.45) is 0 Å². The molecule has 0 bridgehead atoms. The molecule has 16 nitrogen and oxygen atoms in total. The molecule has 0 heterocycles. The van der Waals surface area contributed by atoms with Crippen LogP contribution in [0.15, 0.2) is 24.3 Å². The summed E-state index contributed by atoms with van der Waals surface area (Å²) in [4.78, 5) is 82.8. The molecule has 0 amide bonds. The highest BCUT2D eigenvalue weighted by atomic mass is 16.9. The number of unbranched alkanes of at least 4 members (excludes halogenated alkanes) is 2. The summed E-state index contributed by atoms with van der Waals surface area (Å²) in [5, 5.41) is 9.16. The number of para-hydroxylation sites is 1. The van der Waals surface area contributed by atoms with Crippen molar-refractivity contribution in [1.29, 1.82) is 0 Å². The molecule has 1 aromatic carbocycles. The van der Waals surface area contributed by atoms with Crippen molar-refractivity contribution in [2.45, 2.75) is 25.7 Å². The maximum Gasteiger partial charge on any atom is 0.344 e. The predicted octanol–water partition coefficient (Wildman–Crippen LogP) is 0.320. The van der Waals surface area contributed by atoms with E-state index in [1.54, 1.807) is 0 Å². The number of carbonyl (C=O) groups is 6. The minimum Gasteiger partial charge on any atom is -0.460 e. The Morgan fingerprint density at radius 2 is 1.39 bits per heavy atom. The summed E-state index contributed by atoms with van der Waals surface area (Å²) in [7, 11) is 0. The standard InChI is InChI=1S/C22H25NO15/c24-15-32-12-19(26)33-10-11-34-20(27)13-35-21(28)14-36-22(29)16-6-3-4-7-17(16)38-18(25)8-2-1-5-9-37-23(30)31/h3-4,6-7,15H,1-2,5,8-14H2. The maximum atomic E-state index is 12.3. The normalized spacial score (nSPS) is 9.89. The Kier molecular flexibility index (Phi) is 15.2. The third-order valence-corrected chi connectivity index (χ3v) is 4.10. The molecular formula is C22H25NO15. The van der Waals surface area contributed by atoms with Gasteiger partial charge in [0.05, 0.1) is 6.61 Å². The van der Waals surface area contributed by atoms with Crippen molar-refractivity contribution in [3.8, 4) is 5.75 Å². The molecule has 1 rings (SSSR count). The summed E-state index contributed by atoms with van der Waals surface area (Å²) in [6.07, 6.45) is 1.22. The molecule has 0 N–H and O–H groups in total. The summed E-state index contributed by atoms with van der Waals surface area (Å²) >= 11 is 0. The lowest BCUT2D eigenvalue weighted by molar-refractivity contribution is -0.757. The smallest absolute Gasteiger partial charge is 0.344 e. The summed E-state index contributed by atoms with van der Waals surface area (Å²) in [6.45, 7) is -2.93. The van der Waals surface area contributed by atoms with Gasteiger partial charge < -0.3 is 33.3 Å². The number of nitrogens with zero attached hydrogens (tertiary/aromatic N) is 1. The first-order chi connectivity index (χ1) is 18.2. The number of rotatable bonds is 19. The van der Waals surface area contributed by atoms with Crippen LogP contribution in [0.5, 0.6) is 5.75 Å². The Hall–Kier alpha value is -4.76. The van der Waals surface area contributed by atoms with E-state index in [0.717, 1.165) is 0 Å². The number of carbonyl (C=O) groups excluding carboxylic acids is 6. The molecule has 0 aliphatic rings. The fraction of sp³-hybridized carbons (Fsp3) is 0.455. The second-order valence-electron chi connectivity index (χ2n) is 6.92. The van der Waals surface area contributed by atoms with Gasteiger partial charge in [0.2, 0.25) is 0 Å². The molecule has 38 heavy (non-hydrogen) atoms. The molecule has 0 saturated carbocycles. The molecule has 0 fully saturated rings. The van der Waals surface area contributed by atoms with Crippen LogP contribution >= 0.6 is 0 Å². The zero-order valence-corrected chi connectivity index (χ0v) is 20.0. The minimum atomic E-state index is -1.07. The van der Waals surface area contributed by atoms with E-state index in [4.69, 9.17) is 9.47 Å². The van der Waals surface area contributed by atoms with E-state index in [1.807, 2.05) is 0 Å². The molecule has 16 heteroatoms. The lowest BCUT2D eigenvalue weighted by Crippen LogP contribution is -2.23. The van der Waals surface area contributed by atoms with E-state index < -0.39 is 54.8 Å². The van der Waals surface area contributed by atoms with Crippen LogP contribution in [0.3, 0.4) is 0 Å². The fourth-order valence-electron chi connectivity index (χ4n) is 2.46. The Labute approximate surface area is 215 Å². The molecule has 0 aromatic heterocycles. The van der Waals surface area contributed by atoms with Gasteiger partial charge >= 0.3 is 29.8 Å².